The number of carbonyl (C=O) groups is 2. The number of benzene rings is 3. The predicted molar refractivity (Wildman–Crippen MR) is 173 cm³/mol. The van der Waals surface area contributed by atoms with Crippen molar-refractivity contribution in [2.45, 2.75) is 56.7 Å². The summed E-state index contributed by atoms with van der Waals surface area (Å²) in [5.74, 6) is -0.597. The minimum absolute atomic E-state index is 0.0868. The minimum atomic E-state index is -2.76. The van der Waals surface area contributed by atoms with Crippen molar-refractivity contribution in [1.29, 1.82) is 0 Å². The van der Waals surface area contributed by atoms with Crippen molar-refractivity contribution in [2.24, 2.45) is 5.92 Å². The number of nitrogens with one attached hydrogen (secondary N) is 2. The first-order chi connectivity index (χ1) is 20.5. The zero-order valence-corrected chi connectivity index (χ0v) is 27.0. The summed E-state index contributed by atoms with van der Waals surface area (Å²) in [6.07, 6.45) is 2.02. The van der Waals surface area contributed by atoms with Crippen LogP contribution in [0.4, 0.5) is 11.4 Å². The first-order valence-corrected chi connectivity index (χ1v) is 18.4. The van der Waals surface area contributed by atoms with Crippen molar-refractivity contribution >= 4 is 58.3 Å². The third kappa shape index (κ3) is 5.25. The number of anilines is 2. The number of nitrogens with zero attached hydrogens (tertiary/aromatic N) is 1. The van der Waals surface area contributed by atoms with E-state index in [0.717, 1.165) is 37.8 Å². The number of halogens is 1. The molecule has 0 saturated carbocycles. The molecule has 1 fully saturated rings. The summed E-state index contributed by atoms with van der Waals surface area (Å²) in [4.78, 5) is 43.7. The van der Waals surface area contributed by atoms with Gasteiger partial charge in [0, 0.05) is 50.9 Å². The maximum Gasteiger partial charge on any atom is 0.264 e. The summed E-state index contributed by atoms with van der Waals surface area (Å²) in [6, 6.07) is 21.2. The van der Waals surface area contributed by atoms with E-state index in [1.807, 2.05) is 92.9 Å². The van der Waals surface area contributed by atoms with Crippen LogP contribution in [0.15, 0.2) is 77.4 Å². The second-order valence-electron chi connectivity index (χ2n) is 12.2. The molecule has 4 N–H and O–H groups in total. The van der Waals surface area contributed by atoms with Crippen LogP contribution in [0.2, 0.25) is 18.6 Å². The quantitative estimate of drug-likeness (QED) is 0.177. The molecule has 43 heavy (non-hydrogen) atoms. The van der Waals surface area contributed by atoms with E-state index in [-0.39, 0.29) is 42.8 Å². The second kappa shape index (κ2) is 11.3. The van der Waals surface area contributed by atoms with Gasteiger partial charge in [0.25, 0.3) is 5.91 Å². The molecule has 6 rings (SSSR count). The van der Waals surface area contributed by atoms with Gasteiger partial charge in [-0.05, 0) is 67.0 Å². The summed E-state index contributed by atoms with van der Waals surface area (Å²) >= 11 is 3.58. The number of amides is 2. The topological polar surface area (TPSA) is 115 Å². The molecule has 0 aliphatic carbocycles. The first kappa shape index (κ1) is 29.8. The van der Waals surface area contributed by atoms with E-state index in [1.54, 1.807) is 4.90 Å². The van der Waals surface area contributed by atoms with E-state index in [9.17, 15) is 19.5 Å². The number of aromatic nitrogens is 1. The standard InChI is InChI=1S/C33H36BrN3O5Si/c1-20-31(43(2,3)41)29(13-14-38)42-33(20)26-17-23(34)11-12-28(26)37(32(33)40)19-21-7-6-8-24(15-21)36-30(39)16-22-18-35-27-10-5-4-9-25(22)27/h4-12,15,17-18,20,29,31,35,38,41H,13-14,16,19H2,1-3H3,(H,36,39)/t20-,29+,31-,33+/m0/s1. The van der Waals surface area contributed by atoms with E-state index in [2.05, 4.69) is 26.2 Å². The van der Waals surface area contributed by atoms with Crippen LogP contribution in [0.1, 0.15) is 30.0 Å². The van der Waals surface area contributed by atoms with Gasteiger partial charge >= 0.3 is 0 Å². The Morgan fingerprint density at radius 2 is 1.93 bits per heavy atom. The van der Waals surface area contributed by atoms with Crippen molar-refractivity contribution in [3.63, 3.8) is 0 Å². The molecule has 0 bridgehead atoms. The second-order valence-corrected chi connectivity index (χ2v) is 17.1. The van der Waals surface area contributed by atoms with Crippen LogP contribution in [-0.2, 0) is 32.9 Å². The van der Waals surface area contributed by atoms with Crippen LogP contribution in [0, 0.1) is 5.92 Å². The van der Waals surface area contributed by atoms with E-state index < -0.39 is 20.0 Å². The third-order valence-electron chi connectivity index (χ3n) is 8.94. The summed E-state index contributed by atoms with van der Waals surface area (Å²) in [5, 5.41) is 13.8. The van der Waals surface area contributed by atoms with Gasteiger partial charge in [-0.1, -0.05) is 53.2 Å². The smallest absolute Gasteiger partial charge is 0.264 e. The number of carbonyl (C=O) groups excluding carboxylic acids is 2. The minimum Gasteiger partial charge on any atom is -0.432 e. The Hall–Kier alpha value is -3.28. The van der Waals surface area contributed by atoms with Crippen molar-refractivity contribution < 1.29 is 24.2 Å². The number of aromatic amines is 1. The van der Waals surface area contributed by atoms with Crippen LogP contribution in [-0.4, -0.2) is 47.7 Å². The molecule has 8 nitrogen and oxygen atoms in total. The van der Waals surface area contributed by atoms with Gasteiger partial charge in [-0.3, -0.25) is 9.59 Å². The van der Waals surface area contributed by atoms with E-state index in [1.165, 1.54) is 0 Å². The third-order valence-corrected chi connectivity index (χ3v) is 11.9. The number of rotatable bonds is 8. The Kier molecular flexibility index (Phi) is 7.85. The highest BCUT2D eigenvalue weighted by Crippen LogP contribution is 2.60. The number of aliphatic hydroxyl groups excluding tert-OH is 1. The van der Waals surface area contributed by atoms with Crippen molar-refractivity contribution in [3.8, 4) is 0 Å². The fourth-order valence-electron chi connectivity index (χ4n) is 7.19. The fraction of sp³-hybridized carbons (Fsp3) is 0.333. The van der Waals surface area contributed by atoms with Crippen LogP contribution in [0.25, 0.3) is 10.9 Å². The summed E-state index contributed by atoms with van der Waals surface area (Å²) in [5.41, 5.74) is 3.47. The molecule has 0 unspecified atom stereocenters. The molecular weight excluding hydrogens is 626 g/mol. The summed E-state index contributed by atoms with van der Waals surface area (Å²) in [7, 11) is -2.76. The van der Waals surface area contributed by atoms with Gasteiger partial charge < -0.3 is 29.8 Å². The number of aliphatic hydroxyl groups is 1. The largest absolute Gasteiger partial charge is 0.432 e. The lowest BCUT2D eigenvalue weighted by Gasteiger charge is -2.32. The maximum absolute atomic E-state index is 14.5. The molecule has 4 aromatic rings. The Balaban J connectivity index is 1.27. The van der Waals surface area contributed by atoms with E-state index in [4.69, 9.17) is 4.74 Å². The Labute approximate surface area is 260 Å². The Bertz CT molecular complexity index is 1700. The normalized spacial score (nSPS) is 23.3. The zero-order chi connectivity index (χ0) is 30.5. The molecule has 2 aliphatic heterocycles. The molecule has 0 radical (unpaired) electrons. The molecule has 1 aromatic heterocycles. The molecule has 4 atom stereocenters. The fourth-order valence-corrected chi connectivity index (χ4v) is 10.2. The van der Waals surface area contributed by atoms with Crippen LogP contribution >= 0.6 is 15.9 Å². The molecule has 10 heteroatoms. The number of hydrogen-bond acceptors (Lipinski definition) is 5. The molecule has 224 valence electrons. The average molecular weight is 663 g/mol. The highest BCUT2D eigenvalue weighted by atomic mass is 79.9. The monoisotopic (exact) mass is 661 g/mol. The molecule has 1 saturated heterocycles. The van der Waals surface area contributed by atoms with Gasteiger partial charge in [0.2, 0.25) is 5.91 Å². The number of fused-ring (bicyclic) bond motifs is 3. The molecule has 3 aromatic carbocycles. The number of hydrogen-bond donors (Lipinski definition) is 4. The lowest BCUT2D eigenvalue weighted by Crippen LogP contribution is -2.46. The zero-order valence-electron chi connectivity index (χ0n) is 24.4. The van der Waals surface area contributed by atoms with Crippen molar-refractivity contribution in [1.82, 2.24) is 4.98 Å². The lowest BCUT2D eigenvalue weighted by atomic mass is 9.82. The number of para-hydroxylation sites is 1. The lowest BCUT2D eigenvalue weighted by molar-refractivity contribution is -0.146. The van der Waals surface area contributed by atoms with Crippen molar-refractivity contribution in [2.75, 3.05) is 16.8 Å². The van der Waals surface area contributed by atoms with Crippen LogP contribution < -0.4 is 10.2 Å². The van der Waals surface area contributed by atoms with Gasteiger partial charge in [0.05, 0.1) is 24.8 Å². The summed E-state index contributed by atoms with van der Waals surface area (Å²) in [6.45, 7) is 5.93. The molecule has 3 heterocycles. The van der Waals surface area contributed by atoms with Crippen LogP contribution in [0.3, 0.4) is 0 Å². The van der Waals surface area contributed by atoms with Crippen molar-refractivity contribution in [3.05, 3.63) is 94.1 Å². The van der Waals surface area contributed by atoms with Gasteiger partial charge in [-0.25, -0.2) is 0 Å². The molecular formula is C33H36BrN3O5Si. The highest BCUT2D eigenvalue weighted by molar-refractivity contribution is 9.10. The van der Waals surface area contributed by atoms with Crippen LogP contribution in [0.5, 0.6) is 0 Å². The Morgan fingerprint density at radius 1 is 1.14 bits per heavy atom. The van der Waals surface area contributed by atoms with Gasteiger partial charge in [0.15, 0.2) is 13.9 Å². The number of ether oxygens (including phenoxy) is 1. The highest BCUT2D eigenvalue weighted by Gasteiger charge is 2.66. The SMILES string of the molecule is C[C@H]1[C@H]([Si](C)(C)O)[C@@H](CCO)O[C@]12C(=O)N(Cc1cccc(NC(=O)Cc3c[nH]c4ccccc34)c1)c1ccc(Br)cc12. The molecule has 1 spiro atoms. The number of H-pyrrole nitrogens is 1. The van der Waals surface area contributed by atoms with Gasteiger partial charge in [0.1, 0.15) is 0 Å². The molecule has 2 amide bonds. The van der Waals surface area contributed by atoms with Gasteiger partial charge in [-0.2, -0.15) is 0 Å². The predicted octanol–water partition coefficient (Wildman–Crippen LogP) is 5.84. The van der Waals surface area contributed by atoms with Gasteiger partial charge in [-0.15, -0.1) is 0 Å². The summed E-state index contributed by atoms with van der Waals surface area (Å²) < 4.78 is 7.50. The first-order valence-electron chi connectivity index (χ1n) is 14.6. The maximum atomic E-state index is 14.5. The average Bonchev–Trinajstić information content (AvgIpc) is 3.56. The van der Waals surface area contributed by atoms with E-state index >= 15 is 0 Å². The Morgan fingerprint density at radius 3 is 2.70 bits per heavy atom. The molecule has 2 aliphatic rings. The van der Waals surface area contributed by atoms with E-state index in [0.29, 0.717) is 12.1 Å².